The van der Waals surface area contributed by atoms with Crippen molar-refractivity contribution in [3.8, 4) is 0 Å². The van der Waals surface area contributed by atoms with Gasteiger partial charge in [-0.25, -0.2) is 4.79 Å². The van der Waals surface area contributed by atoms with Crippen LogP contribution in [0.5, 0.6) is 0 Å². The van der Waals surface area contributed by atoms with Crippen LogP contribution in [0.15, 0.2) is 23.3 Å². The van der Waals surface area contributed by atoms with Gasteiger partial charge in [-0.1, -0.05) is 44.9 Å². The Morgan fingerprint density at radius 1 is 0.781 bits per heavy atom. The van der Waals surface area contributed by atoms with Crippen molar-refractivity contribution < 1.29 is 72.3 Å². The highest BCUT2D eigenvalue weighted by atomic mass is 16.7. The van der Waals surface area contributed by atoms with Crippen molar-refractivity contribution in [2.75, 3.05) is 21.3 Å². The van der Waals surface area contributed by atoms with Gasteiger partial charge in [0.05, 0.1) is 42.7 Å². The van der Waals surface area contributed by atoms with E-state index >= 15 is 0 Å². The molecule has 15 heteroatoms. The van der Waals surface area contributed by atoms with Crippen molar-refractivity contribution in [2.45, 2.75) is 224 Å². The molecular weight excluding hydrogens is 829 g/mol. The number of aliphatic hydroxyl groups is 3. The number of Topliss-reactive ketones (excluding diaryl/α,β-unsaturated/α-hetero) is 1. The lowest BCUT2D eigenvalue weighted by atomic mass is 9.43. The molecule has 0 aromatic carbocycles. The van der Waals surface area contributed by atoms with Gasteiger partial charge in [0.15, 0.2) is 18.9 Å². The molecule has 6 fully saturated rings. The number of carbonyl (C=O) groups is 2. The largest absolute Gasteiger partial charge is 0.458 e. The highest BCUT2D eigenvalue weighted by Crippen LogP contribution is 2.70. The van der Waals surface area contributed by atoms with Crippen LogP contribution in [-0.2, 0) is 57.0 Å². The third-order valence-corrected chi connectivity index (χ3v) is 17.2. The first-order valence-corrected chi connectivity index (χ1v) is 23.9. The molecule has 0 radical (unpaired) electrons. The average molecular weight is 907 g/mol. The van der Waals surface area contributed by atoms with Gasteiger partial charge in [-0.15, -0.1) is 0 Å². The van der Waals surface area contributed by atoms with Crippen molar-refractivity contribution in [1.82, 2.24) is 0 Å². The molecule has 0 aromatic heterocycles. The molecule has 0 spiro atoms. The maximum Gasteiger partial charge on any atom is 0.330 e. The van der Waals surface area contributed by atoms with Gasteiger partial charge in [0.25, 0.3) is 0 Å². The summed E-state index contributed by atoms with van der Waals surface area (Å²) >= 11 is 0. The molecule has 15 nitrogen and oxygen atoms in total. The number of hydrogen-bond acceptors (Lipinski definition) is 15. The zero-order valence-corrected chi connectivity index (χ0v) is 40.3. The van der Waals surface area contributed by atoms with Gasteiger partial charge in [-0.2, -0.15) is 0 Å². The summed E-state index contributed by atoms with van der Waals surface area (Å²) in [7, 11) is 4.87. The van der Waals surface area contributed by atoms with Crippen LogP contribution in [0, 0.1) is 28.6 Å². The molecule has 0 amide bonds. The smallest absolute Gasteiger partial charge is 0.330 e. The number of rotatable bonds is 13. The predicted octanol–water partition coefficient (Wildman–Crippen LogP) is 5.47. The van der Waals surface area contributed by atoms with E-state index in [0.29, 0.717) is 51.4 Å². The lowest BCUT2D eigenvalue weighted by Gasteiger charge is -2.66. The van der Waals surface area contributed by atoms with Gasteiger partial charge in [-0.05, 0) is 90.9 Å². The lowest BCUT2D eigenvalue weighted by molar-refractivity contribution is -0.338. The summed E-state index contributed by atoms with van der Waals surface area (Å²) in [6.07, 6.45) is 1.32. The molecule has 0 unspecified atom stereocenters. The van der Waals surface area contributed by atoms with E-state index in [0.717, 1.165) is 11.1 Å². The van der Waals surface area contributed by atoms with Crippen molar-refractivity contribution in [3.05, 3.63) is 23.3 Å². The lowest BCUT2D eigenvalue weighted by Crippen LogP contribution is -2.75. The number of aliphatic hydroxyl groups excluding tert-OH is 1. The fourth-order valence-corrected chi connectivity index (χ4v) is 13.0. The van der Waals surface area contributed by atoms with Crippen molar-refractivity contribution >= 4 is 11.8 Å². The van der Waals surface area contributed by atoms with Gasteiger partial charge in [0, 0.05) is 63.9 Å². The number of fused-ring (bicyclic) bond motifs is 5. The normalized spacial score (nSPS) is 48.5. The van der Waals surface area contributed by atoms with Gasteiger partial charge in [0.1, 0.15) is 41.4 Å². The summed E-state index contributed by atoms with van der Waals surface area (Å²) in [6.45, 7) is 17.1. The van der Waals surface area contributed by atoms with Crippen LogP contribution in [0.25, 0.3) is 0 Å². The quantitative estimate of drug-likeness (QED) is 0.120. The number of carbonyl (C=O) groups excluding carboxylic acids is 2. The fraction of sp³-hybridized carbons (Fsp3) is 0.878. The molecule has 3 aliphatic heterocycles. The Kier molecular flexibility index (Phi) is 15.1. The Bertz CT molecular complexity index is 1740. The van der Waals surface area contributed by atoms with Crippen molar-refractivity contribution in [1.29, 1.82) is 0 Å². The summed E-state index contributed by atoms with van der Waals surface area (Å²) in [5, 5.41) is 36.2. The molecule has 7 aliphatic rings. The van der Waals surface area contributed by atoms with Crippen LogP contribution in [0.1, 0.15) is 127 Å². The van der Waals surface area contributed by atoms with E-state index in [2.05, 4.69) is 13.0 Å². The molecule has 0 aromatic rings. The molecule has 4 aliphatic carbocycles. The van der Waals surface area contributed by atoms with Gasteiger partial charge in [0.2, 0.25) is 0 Å². The first kappa shape index (κ1) is 50.0. The van der Waals surface area contributed by atoms with Crippen LogP contribution in [0.3, 0.4) is 0 Å². The summed E-state index contributed by atoms with van der Waals surface area (Å²) in [6, 6.07) is 0. The summed E-state index contributed by atoms with van der Waals surface area (Å²) in [5.41, 5.74) is -2.81. The number of ketones is 1. The minimum Gasteiger partial charge on any atom is -0.458 e. The Morgan fingerprint density at radius 2 is 1.33 bits per heavy atom. The molecule has 3 saturated carbocycles. The molecule has 0 bridgehead atoms. The van der Waals surface area contributed by atoms with Crippen molar-refractivity contribution in [3.63, 3.8) is 0 Å². The van der Waals surface area contributed by atoms with Gasteiger partial charge >= 0.3 is 5.97 Å². The topological polar surface area (TPSA) is 187 Å². The highest BCUT2D eigenvalue weighted by Gasteiger charge is 2.77. The second kappa shape index (κ2) is 19.3. The van der Waals surface area contributed by atoms with Crippen molar-refractivity contribution in [2.24, 2.45) is 28.6 Å². The number of hydrogen-bond donors (Lipinski definition) is 3. The van der Waals surface area contributed by atoms with Crippen LogP contribution >= 0.6 is 0 Å². The molecule has 364 valence electrons. The van der Waals surface area contributed by atoms with E-state index in [1.807, 2.05) is 41.5 Å². The standard InChI is InChI=1S/C49H78O15/c1-25(2)26(3)19-39(51)62-38-24-37-46(8)16-14-32(20-31(46)13-17-48(37,53)49(54)18-15-33(27(4)50)47(38,49)9)61-40-22-35(56-11)44(29(6)59-40)64-42-23-36(57-12)45(30(7)60-42)63-41-21-34(55-10)43(52)28(5)58-41/h13,19,25,28-30,32-38,40-45,52-54H,14-18,20-24H2,1-12H3/t28-,29-,30-,32+,33+,34-,35+,36+,37-,38-,40+,41+,42+,43-,44-,45-,46+,47+,48+,49-/m1/s1. The van der Waals surface area contributed by atoms with E-state index in [9.17, 15) is 24.9 Å². The second-order valence-electron chi connectivity index (χ2n) is 20.9. The molecule has 3 heterocycles. The van der Waals surface area contributed by atoms with Gasteiger partial charge in [-0.3, -0.25) is 4.79 Å². The Hall–Kier alpha value is -1.86. The minimum absolute atomic E-state index is 0.0697. The summed E-state index contributed by atoms with van der Waals surface area (Å²) < 4.78 is 62.3. The SMILES string of the molecule is CO[C@H]1C[C@H](O[C@H]2CC[C@@]3(C)C(=CC[C@]4(O)[C@@H]3C[C@@H](OC(=O)C=C(C)C(C)C)[C@]3(C)[C@H](C(C)=O)CC[C@@]34O)C2)O[C@H](C)[C@H]1O[C@H]1C[C@H](OC)[C@H](O[C@H]2C[C@@H](OC)[C@H](O)[C@@H](C)O2)[C@@H](C)O1. The van der Waals surface area contributed by atoms with E-state index in [4.69, 9.17) is 47.4 Å². The first-order chi connectivity index (χ1) is 30.1. The Balaban J connectivity index is 0.998. The van der Waals surface area contributed by atoms with E-state index in [1.54, 1.807) is 28.3 Å². The number of allylic oxidation sites excluding steroid dienone is 1. The minimum atomic E-state index is -1.65. The Morgan fingerprint density at radius 3 is 1.88 bits per heavy atom. The number of methoxy groups -OCH3 is 3. The highest BCUT2D eigenvalue weighted by molar-refractivity contribution is 5.83. The first-order valence-electron chi connectivity index (χ1n) is 23.9. The fourth-order valence-electron chi connectivity index (χ4n) is 13.0. The molecule has 20 atom stereocenters. The summed E-state index contributed by atoms with van der Waals surface area (Å²) in [4.78, 5) is 26.7. The average Bonchev–Trinajstić information content (AvgIpc) is 3.54. The van der Waals surface area contributed by atoms with E-state index in [-0.39, 0.29) is 42.9 Å². The molecule has 3 saturated heterocycles. The third-order valence-electron chi connectivity index (χ3n) is 17.2. The Labute approximate surface area is 380 Å². The molecule has 3 N–H and O–H groups in total. The van der Waals surface area contributed by atoms with Crippen LogP contribution in [-0.4, -0.2) is 146 Å². The van der Waals surface area contributed by atoms with Crippen LogP contribution < -0.4 is 0 Å². The number of esters is 1. The van der Waals surface area contributed by atoms with Crippen LogP contribution in [0.4, 0.5) is 0 Å². The number of ether oxygens (including phenoxy) is 10. The summed E-state index contributed by atoms with van der Waals surface area (Å²) in [5.74, 6) is -1.39. The predicted molar refractivity (Wildman–Crippen MR) is 233 cm³/mol. The monoisotopic (exact) mass is 907 g/mol. The maximum atomic E-state index is 13.5. The zero-order valence-electron chi connectivity index (χ0n) is 40.3. The zero-order chi connectivity index (χ0) is 46.7. The maximum absolute atomic E-state index is 13.5. The molecular formula is C49H78O15. The molecule has 64 heavy (non-hydrogen) atoms. The van der Waals surface area contributed by atoms with Crippen LogP contribution in [0.2, 0.25) is 0 Å². The third kappa shape index (κ3) is 8.85. The second-order valence-corrected chi connectivity index (χ2v) is 20.9. The van der Waals surface area contributed by atoms with Gasteiger partial charge < -0.3 is 62.7 Å². The molecule has 7 rings (SSSR count). The van der Waals surface area contributed by atoms with E-state index in [1.165, 1.54) is 13.0 Å². The van der Waals surface area contributed by atoms with E-state index < -0.39 is 108 Å².